The van der Waals surface area contributed by atoms with Crippen LogP contribution in [0.5, 0.6) is 5.75 Å². The van der Waals surface area contributed by atoms with Crippen LogP contribution in [0.25, 0.3) is 0 Å². The lowest BCUT2D eigenvalue weighted by Gasteiger charge is -2.36. The molecule has 0 aliphatic carbocycles. The Morgan fingerprint density at radius 2 is 1.81 bits per heavy atom. The van der Waals surface area contributed by atoms with Crippen molar-refractivity contribution in [1.82, 2.24) is 9.97 Å². The highest BCUT2D eigenvalue weighted by Crippen LogP contribution is 2.23. The number of rotatable bonds is 3. The highest BCUT2D eigenvalue weighted by Gasteiger charge is 2.18. The van der Waals surface area contributed by atoms with Gasteiger partial charge < -0.3 is 14.5 Å². The van der Waals surface area contributed by atoms with Crippen LogP contribution in [-0.2, 0) is 0 Å². The number of aromatic nitrogens is 2. The van der Waals surface area contributed by atoms with Gasteiger partial charge >= 0.3 is 0 Å². The molecule has 0 bridgehead atoms. The molecular weight excluding hydrogens is 332 g/mol. The maximum absolute atomic E-state index is 5.29. The SMILES string of the molecule is COc1cccc(N2CCN(c3cc(Br)ncn3)CC2)c1. The Morgan fingerprint density at radius 3 is 2.52 bits per heavy atom. The molecule has 1 aromatic heterocycles. The molecule has 2 heterocycles. The van der Waals surface area contributed by atoms with Gasteiger partial charge in [-0.25, -0.2) is 9.97 Å². The van der Waals surface area contributed by atoms with Crippen molar-refractivity contribution in [3.8, 4) is 5.75 Å². The van der Waals surface area contributed by atoms with Gasteiger partial charge in [0, 0.05) is 44.0 Å². The summed E-state index contributed by atoms with van der Waals surface area (Å²) in [7, 11) is 1.70. The van der Waals surface area contributed by atoms with E-state index in [1.54, 1.807) is 13.4 Å². The van der Waals surface area contributed by atoms with Crippen molar-refractivity contribution in [1.29, 1.82) is 0 Å². The molecule has 1 fully saturated rings. The van der Waals surface area contributed by atoms with E-state index < -0.39 is 0 Å². The topological polar surface area (TPSA) is 41.5 Å². The maximum Gasteiger partial charge on any atom is 0.133 e. The molecule has 0 amide bonds. The van der Waals surface area contributed by atoms with Gasteiger partial charge in [-0.1, -0.05) is 6.07 Å². The molecule has 1 aliphatic heterocycles. The summed E-state index contributed by atoms with van der Waals surface area (Å²) < 4.78 is 6.11. The molecule has 0 atom stereocenters. The number of methoxy groups -OCH3 is 1. The molecule has 1 aromatic carbocycles. The number of hydrogen-bond acceptors (Lipinski definition) is 5. The number of anilines is 2. The lowest BCUT2D eigenvalue weighted by molar-refractivity contribution is 0.414. The summed E-state index contributed by atoms with van der Waals surface area (Å²) in [5.41, 5.74) is 1.21. The van der Waals surface area contributed by atoms with Crippen molar-refractivity contribution in [2.24, 2.45) is 0 Å². The monoisotopic (exact) mass is 348 g/mol. The molecule has 6 heteroatoms. The predicted molar refractivity (Wildman–Crippen MR) is 87.2 cm³/mol. The first-order chi connectivity index (χ1) is 10.3. The minimum absolute atomic E-state index is 0.822. The largest absolute Gasteiger partial charge is 0.497 e. The van der Waals surface area contributed by atoms with Crippen LogP contribution in [0.1, 0.15) is 0 Å². The third-order valence-electron chi connectivity index (χ3n) is 3.64. The van der Waals surface area contributed by atoms with Crippen LogP contribution in [0.15, 0.2) is 41.3 Å². The molecule has 3 rings (SSSR count). The zero-order valence-electron chi connectivity index (χ0n) is 11.9. The number of nitrogens with zero attached hydrogens (tertiary/aromatic N) is 4. The van der Waals surface area contributed by atoms with E-state index in [1.165, 1.54) is 5.69 Å². The van der Waals surface area contributed by atoms with Crippen molar-refractivity contribution in [3.63, 3.8) is 0 Å². The average Bonchev–Trinajstić information content (AvgIpc) is 2.55. The van der Waals surface area contributed by atoms with Gasteiger partial charge in [-0.2, -0.15) is 0 Å². The molecule has 0 N–H and O–H groups in total. The Hall–Kier alpha value is -1.82. The molecule has 1 aliphatic rings. The zero-order valence-corrected chi connectivity index (χ0v) is 13.5. The third kappa shape index (κ3) is 3.26. The van der Waals surface area contributed by atoms with Crippen LogP contribution in [0.4, 0.5) is 11.5 Å². The fraction of sp³-hybridized carbons (Fsp3) is 0.333. The molecule has 0 unspecified atom stereocenters. The molecule has 5 nitrogen and oxygen atoms in total. The fourth-order valence-electron chi connectivity index (χ4n) is 2.50. The van der Waals surface area contributed by atoms with Crippen molar-refractivity contribution in [2.75, 3.05) is 43.1 Å². The Morgan fingerprint density at radius 1 is 1.05 bits per heavy atom. The molecule has 21 heavy (non-hydrogen) atoms. The quantitative estimate of drug-likeness (QED) is 0.797. The Balaban J connectivity index is 1.67. The van der Waals surface area contributed by atoms with E-state index in [0.717, 1.165) is 42.3 Å². The van der Waals surface area contributed by atoms with Crippen LogP contribution in [0.3, 0.4) is 0 Å². The number of benzene rings is 1. The highest BCUT2D eigenvalue weighted by atomic mass is 79.9. The second kappa shape index (κ2) is 6.30. The van der Waals surface area contributed by atoms with Crippen LogP contribution < -0.4 is 14.5 Å². The summed E-state index contributed by atoms with van der Waals surface area (Å²) in [6.07, 6.45) is 1.59. The average molecular weight is 349 g/mol. The van der Waals surface area contributed by atoms with Gasteiger partial charge in [-0.05, 0) is 28.1 Å². The molecule has 2 aromatic rings. The summed E-state index contributed by atoms with van der Waals surface area (Å²) in [6.45, 7) is 3.82. The van der Waals surface area contributed by atoms with Crippen molar-refractivity contribution < 1.29 is 4.74 Å². The van der Waals surface area contributed by atoms with E-state index in [4.69, 9.17) is 4.74 Å². The lowest BCUT2D eigenvalue weighted by atomic mass is 10.2. The number of piperazine rings is 1. The van der Waals surface area contributed by atoms with Crippen molar-refractivity contribution in [2.45, 2.75) is 0 Å². The summed E-state index contributed by atoms with van der Waals surface area (Å²) in [5, 5.41) is 0. The molecule has 110 valence electrons. The van der Waals surface area contributed by atoms with Gasteiger partial charge in [-0.15, -0.1) is 0 Å². The number of hydrogen-bond donors (Lipinski definition) is 0. The van der Waals surface area contributed by atoms with E-state index >= 15 is 0 Å². The Labute approximate surface area is 132 Å². The van der Waals surface area contributed by atoms with Crippen LogP contribution >= 0.6 is 15.9 Å². The first-order valence-electron chi connectivity index (χ1n) is 6.88. The van der Waals surface area contributed by atoms with E-state index in [0.29, 0.717) is 0 Å². The first kappa shape index (κ1) is 14.1. The van der Waals surface area contributed by atoms with E-state index in [9.17, 15) is 0 Å². The Bertz CT molecular complexity index is 614. The third-order valence-corrected chi connectivity index (χ3v) is 4.08. The number of halogens is 1. The molecule has 0 radical (unpaired) electrons. The normalized spacial score (nSPS) is 15.1. The minimum Gasteiger partial charge on any atom is -0.497 e. The molecular formula is C15H17BrN4O. The second-order valence-corrected chi connectivity index (χ2v) is 5.69. The second-order valence-electron chi connectivity index (χ2n) is 4.87. The van der Waals surface area contributed by atoms with Gasteiger partial charge in [0.15, 0.2) is 0 Å². The van der Waals surface area contributed by atoms with Crippen LogP contribution in [0, 0.1) is 0 Å². The van der Waals surface area contributed by atoms with E-state index in [2.05, 4.69) is 47.8 Å². The molecule has 0 saturated carbocycles. The van der Waals surface area contributed by atoms with Gasteiger partial charge in [0.25, 0.3) is 0 Å². The lowest BCUT2D eigenvalue weighted by Crippen LogP contribution is -2.46. The van der Waals surface area contributed by atoms with E-state index in [-0.39, 0.29) is 0 Å². The van der Waals surface area contributed by atoms with E-state index in [1.807, 2.05) is 18.2 Å². The van der Waals surface area contributed by atoms with Crippen molar-refractivity contribution >= 4 is 27.4 Å². The molecule has 1 saturated heterocycles. The minimum atomic E-state index is 0.822. The Kier molecular flexibility index (Phi) is 4.24. The van der Waals surface area contributed by atoms with Crippen LogP contribution in [-0.4, -0.2) is 43.3 Å². The first-order valence-corrected chi connectivity index (χ1v) is 7.67. The van der Waals surface area contributed by atoms with Crippen molar-refractivity contribution in [3.05, 3.63) is 41.3 Å². The zero-order chi connectivity index (χ0) is 14.7. The van der Waals surface area contributed by atoms with Gasteiger partial charge in [0.05, 0.1) is 7.11 Å². The van der Waals surface area contributed by atoms with Gasteiger partial charge in [0.2, 0.25) is 0 Å². The van der Waals surface area contributed by atoms with Gasteiger partial charge in [0.1, 0.15) is 22.5 Å². The van der Waals surface area contributed by atoms with Gasteiger partial charge in [-0.3, -0.25) is 0 Å². The fourth-order valence-corrected chi connectivity index (χ4v) is 2.79. The highest BCUT2D eigenvalue weighted by molar-refractivity contribution is 9.10. The summed E-state index contributed by atoms with van der Waals surface area (Å²) in [6, 6.07) is 10.2. The maximum atomic E-state index is 5.29. The summed E-state index contributed by atoms with van der Waals surface area (Å²) in [5.74, 6) is 1.87. The smallest absolute Gasteiger partial charge is 0.133 e. The standard InChI is InChI=1S/C15H17BrN4O/c1-21-13-4-2-3-12(9-13)19-5-7-20(8-6-19)15-10-14(16)17-11-18-15/h2-4,9-11H,5-8H2,1H3. The number of ether oxygens (including phenoxy) is 1. The van der Waals surface area contributed by atoms with Crippen LogP contribution in [0.2, 0.25) is 0 Å². The summed E-state index contributed by atoms with van der Waals surface area (Å²) >= 11 is 3.39. The predicted octanol–water partition coefficient (Wildman–Crippen LogP) is 2.57. The summed E-state index contributed by atoms with van der Waals surface area (Å²) in [4.78, 5) is 13.1. The molecule has 0 spiro atoms.